The van der Waals surface area contributed by atoms with Gasteiger partial charge in [-0.05, 0) is 62.2 Å². The second-order valence-electron chi connectivity index (χ2n) is 8.30. The number of ether oxygens (including phenoxy) is 1. The number of aliphatic hydroxyl groups excluding tert-OH is 2. The molecule has 3 aliphatic carbocycles. The Morgan fingerprint density at radius 1 is 1.20 bits per heavy atom. The predicted molar refractivity (Wildman–Crippen MR) is 94.0 cm³/mol. The van der Waals surface area contributed by atoms with Crippen LogP contribution < -0.4 is 0 Å². The van der Waals surface area contributed by atoms with Crippen LogP contribution in [0, 0.1) is 29.6 Å². The summed E-state index contributed by atoms with van der Waals surface area (Å²) in [4.78, 5) is 10.5. The van der Waals surface area contributed by atoms with Crippen molar-refractivity contribution in [2.24, 2.45) is 29.6 Å². The summed E-state index contributed by atoms with van der Waals surface area (Å²) in [6.07, 6.45) is 12.0. The highest BCUT2D eigenvalue weighted by Gasteiger charge is 2.46. The number of fused-ring (bicyclic) bond motifs is 1. The number of aliphatic hydroxyl groups is 2. The van der Waals surface area contributed by atoms with E-state index in [0.29, 0.717) is 30.3 Å². The van der Waals surface area contributed by atoms with Gasteiger partial charge in [-0.1, -0.05) is 25.0 Å². The quantitative estimate of drug-likeness (QED) is 0.462. The molecule has 0 saturated heterocycles. The van der Waals surface area contributed by atoms with Crippen LogP contribution in [0.4, 0.5) is 0 Å². The molecule has 0 aliphatic heterocycles. The van der Waals surface area contributed by atoms with Crippen molar-refractivity contribution < 1.29 is 24.9 Å². The highest BCUT2D eigenvalue weighted by molar-refractivity contribution is 5.67. The molecule has 0 aromatic heterocycles. The van der Waals surface area contributed by atoms with Crippen LogP contribution in [-0.2, 0) is 9.53 Å². The lowest BCUT2D eigenvalue weighted by Gasteiger charge is -2.20. The van der Waals surface area contributed by atoms with Crippen molar-refractivity contribution in [1.82, 2.24) is 0 Å². The van der Waals surface area contributed by atoms with E-state index >= 15 is 0 Å². The molecule has 5 nitrogen and oxygen atoms in total. The maximum atomic E-state index is 10.5. The average molecular weight is 352 g/mol. The lowest BCUT2D eigenvalue weighted by molar-refractivity contribution is -0.142. The van der Waals surface area contributed by atoms with Gasteiger partial charge in [0.15, 0.2) is 0 Å². The van der Waals surface area contributed by atoms with E-state index in [9.17, 15) is 15.0 Å². The van der Waals surface area contributed by atoms with E-state index < -0.39 is 5.97 Å². The molecule has 0 aromatic rings. The molecule has 3 rings (SSSR count). The van der Waals surface area contributed by atoms with Crippen molar-refractivity contribution in [3.63, 3.8) is 0 Å². The molecule has 3 fully saturated rings. The Hall–Kier alpha value is -0.910. The molecule has 0 heterocycles. The van der Waals surface area contributed by atoms with E-state index in [4.69, 9.17) is 9.84 Å². The zero-order valence-corrected chi connectivity index (χ0v) is 14.9. The molecule has 2 unspecified atom stereocenters. The minimum Gasteiger partial charge on any atom is -0.480 e. The third-order valence-corrected chi connectivity index (χ3v) is 6.64. The standard InChI is InChI=1S/C20H32O5/c21-18(14-3-1-2-4-14)6-5-16-17-10-13(7-8-25-12-20(23)24)9-15(17)11-19(16)22/h5-6,13-19,21-22H,1-4,7-12H2,(H,23,24)/t13?,15-,16+,17+,18?,19+/m0/s1. The van der Waals surface area contributed by atoms with E-state index in [0.717, 1.165) is 38.5 Å². The second-order valence-corrected chi connectivity index (χ2v) is 8.30. The molecule has 0 bridgehead atoms. The highest BCUT2D eigenvalue weighted by atomic mass is 16.5. The Morgan fingerprint density at radius 3 is 2.68 bits per heavy atom. The number of hydrogen-bond acceptors (Lipinski definition) is 4. The normalized spacial score (nSPS) is 37.0. The van der Waals surface area contributed by atoms with Crippen LogP contribution in [-0.4, -0.2) is 46.7 Å². The topological polar surface area (TPSA) is 87.0 Å². The fraction of sp³-hybridized carbons (Fsp3) is 0.850. The Kier molecular flexibility index (Phi) is 6.53. The fourth-order valence-corrected chi connectivity index (χ4v) is 5.39. The molecular formula is C20H32O5. The summed E-state index contributed by atoms with van der Waals surface area (Å²) in [6, 6.07) is 0. The molecule has 142 valence electrons. The SMILES string of the molecule is O=C(O)COCCC1C[C@H]2C[C@@H](O)[C@H](C=CC(O)C3CCCC3)[C@@H]2C1. The average Bonchev–Trinajstić information content (AvgIpc) is 3.26. The van der Waals surface area contributed by atoms with E-state index in [-0.39, 0.29) is 24.7 Å². The fourth-order valence-electron chi connectivity index (χ4n) is 5.39. The van der Waals surface area contributed by atoms with Crippen LogP contribution in [0.1, 0.15) is 51.4 Å². The number of hydrogen-bond donors (Lipinski definition) is 3. The smallest absolute Gasteiger partial charge is 0.329 e. The highest BCUT2D eigenvalue weighted by Crippen LogP contribution is 2.51. The third kappa shape index (κ3) is 4.83. The first-order valence-electron chi connectivity index (χ1n) is 9.88. The Labute approximate surface area is 150 Å². The minimum absolute atomic E-state index is 0.158. The van der Waals surface area contributed by atoms with Gasteiger partial charge in [-0.2, -0.15) is 0 Å². The maximum Gasteiger partial charge on any atom is 0.329 e. The lowest BCUT2D eigenvalue weighted by Crippen LogP contribution is -2.20. The molecule has 3 aliphatic rings. The molecule has 3 N–H and O–H groups in total. The summed E-state index contributed by atoms with van der Waals surface area (Å²) in [6.45, 7) is 0.280. The van der Waals surface area contributed by atoms with Crippen molar-refractivity contribution in [1.29, 1.82) is 0 Å². The van der Waals surface area contributed by atoms with Gasteiger partial charge in [0.05, 0.1) is 12.2 Å². The summed E-state index contributed by atoms with van der Waals surface area (Å²) in [5.74, 6) is 1.24. The van der Waals surface area contributed by atoms with Crippen molar-refractivity contribution >= 4 is 5.97 Å². The van der Waals surface area contributed by atoms with Gasteiger partial charge in [-0.25, -0.2) is 4.79 Å². The van der Waals surface area contributed by atoms with E-state index in [2.05, 4.69) is 6.08 Å². The van der Waals surface area contributed by atoms with Gasteiger partial charge in [-0.3, -0.25) is 0 Å². The Bertz CT molecular complexity index is 471. The summed E-state index contributed by atoms with van der Waals surface area (Å²) in [5, 5.41) is 29.4. The molecule has 0 radical (unpaired) electrons. The van der Waals surface area contributed by atoms with Crippen LogP contribution in [0.3, 0.4) is 0 Å². The summed E-state index contributed by atoms with van der Waals surface area (Å²) in [7, 11) is 0. The third-order valence-electron chi connectivity index (χ3n) is 6.64. The van der Waals surface area contributed by atoms with Crippen molar-refractivity contribution in [3.8, 4) is 0 Å². The summed E-state index contributed by atoms with van der Waals surface area (Å²) in [5.41, 5.74) is 0. The maximum absolute atomic E-state index is 10.5. The first-order chi connectivity index (χ1) is 12.0. The lowest BCUT2D eigenvalue weighted by atomic mass is 9.88. The predicted octanol–water partition coefficient (Wildman–Crippen LogP) is 2.61. The molecular weight excluding hydrogens is 320 g/mol. The monoisotopic (exact) mass is 352 g/mol. The van der Waals surface area contributed by atoms with Crippen molar-refractivity contribution in [2.45, 2.75) is 63.6 Å². The second kappa shape index (κ2) is 8.65. The number of rotatable bonds is 8. The van der Waals surface area contributed by atoms with Gasteiger partial charge < -0.3 is 20.1 Å². The first-order valence-corrected chi connectivity index (χ1v) is 9.88. The van der Waals surface area contributed by atoms with Crippen molar-refractivity contribution in [2.75, 3.05) is 13.2 Å². The van der Waals surface area contributed by atoms with Gasteiger partial charge in [0.2, 0.25) is 0 Å². The minimum atomic E-state index is -0.919. The zero-order valence-electron chi connectivity index (χ0n) is 14.9. The molecule has 0 aromatic carbocycles. The van der Waals surface area contributed by atoms with Gasteiger partial charge in [-0.15, -0.1) is 0 Å². The molecule has 25 heavy (non-hydrogen) atoms. The number of carboxylic acids is 1. The van der Waals surface area contributed by atoms with E-state index in [1.807, 2.05) is 6.08 Å². The van der Waals surface area contributed by atoms with Crippen LogP contribution in [0.5, 0.6) is 0 Å². The number of carboxylic acid groups (broad SMARTS) is 1. The first kappa shape index (κ1) is 18.9. The van der Waals surface area contributed by atoms with Gasteiger partial charge in [0.1, 0.15) is 6.61 Å². The summed E-state index contributed by atoms with van der Waals surface area (Å²) >= 11 is 0. The van der Waals surface area contributed by atoms with Crippen LogP contribution >= 0.6 is 0 Å². The van der Waals surface area contributed by atoms with Crippen molar-refractivity contribution in [3.05, 3.63) is 12.2 Å². The molecule has 3 saturated carbocycles. The molecule has 0 spiro atoms. The van der Waals surface area contributed by atoms with Gasteiger partial charge in [0, 0.05) is 12.5 Å². The number of carbonyl (C=O) groups is 1. The summed E-state index contributed by atoms with van der Waals surface area (Å²) < 4.78 is 5.17. The molecule has 5 heteroatoms. The molecule has 6 atom stereocenters. The Morgan fingerprint density at radius 2 is 1.96 bits per heavy atom. The van der Waals surface area contributed by atoms with Crippen LogP contribution in [0.15, 0.2) is 12.2 Å². The molecule has 0 amide bonds. The largest absolute Gasteiger partial charge is 0.480 e. The van der Waals surface area contributed by atoms with Gasteiger partial charge >= 0.3 is 5.97 Å². The zero-order chi connectivity index (χ0) is 17.8. The van der Waals surface area contributed by atoms with E-state index in [1.54, 1.807) is 0 Å². The number of aliphatic carboxylic acids is 1. The van der Waals surface area contributed by atoms with Crippen LogP contribution in [0.2, 0.25) is 0 Å². The Balaban J connectivity index is 1.47. The van der Waals surface area contributed by atoms with Crippen LogP contribution in [0.25, 0.3) is 0 Å². The van der Waals surface area contributed by atoms with E-state index in [1.165, 1.54) is 12.8 Å². The van der Waals surface area contributed by atoms with Gasteiger partial charge in [0.25, 0.3) is 0 Å².